The third-order valence-corrected chi connectivity index (χ3v) is 4.98. The molecule has 2 heterocycles. The summed E-state index contributed by atoms with van der Waals surface area (Å²) in [5.41, 5.74) is 3.00. The largest absolute Gasteiger partial charge is 0.481 e. The minimum Gasteiger partial charge on any atom is -0.481 e. The zero-order chi connectivity index (χ0) is 17.9. The SMILES string of the molecule is O=C(O)C1CCCN(CC=C2c3ccccc3OOc3ccccc32)C1. The number of carboxylic acid groups (broad SMARTS) is 1. The maximum Gasteiger partial charge on any atom is 0.307 e. The van der Waals surface area contributed by atoms with Crippen LogP contribution in [0.1, 0.15) is 24.0 Å². The van der Waals surface area contributed by atoms with Gasteiger partial charge in [0.2, 0.25) is 0 Å². The first-order chi connectivity index (χ1) is 12.7. The summed E-state index contributed by atoms with van der Waals surface area (Å²) in [6.45, 7) is 2.21. The number of aliphatic carboxylic acids is 1. The molecule has 1 atom stereocenters. The van der Waals surface area contributed by atoms with Gasteiger partial charge in [-0.15, -0.1) is 0 Å². The molecule has 0 radical (unpaired) electrons. The van der Waals surface area contributed by atoms with E-state index in [2.05, 4.69) is 11.0 Å². The molecule has 0 bridgehead atoms. The molecule has 0 aromatic heterocycles. The van der Waals surface area contributed by atoms with Crippen LogP contribution in [-0.2, 0) is 4.79 Å². The third kappa shape index (κ3) is 3.30. The predicted octanol–water partition coefficient (Wildman–Crippen LogP) is 3.60. The first-order valence-electron chi connectivity index (χ1n) is 8.91. The molecule has 5 nitrogen and oxygen atoms in total. The highest BCUT2D eigenvalue weighted by atomic mass is 17.2. The van der Waals surface area contributed by atoms with Gasteiger partial charge < -0.3 is 5.11 Å². The Bertz CT molecular complexity index is 796. The van der Waals surface area contributed by atoms with Crippen molar-refractivity contribution in [1.29, 1.82) is 0 Å². The number of hydrogen-bond donors (Lipinski definition) is 1. The normalized spacial score (nSPS) is 19.4. The van der Waals surface area contributed by atoms with Gasteiger partial charge in [0.15, 0.2) is 11.5 Å². The first-order valence-corrected chi connectivity index (χ1v) is 8.91. The molecule has 0 amide bonds. The van der Waals surface area contributed by atoms with E-state index in [9.17, 15) is 9.90 Å². The second kappa shape index (κ2) is 7.22. The van der Waals surface area contributed by atoms with Crippen LogP contribution in [0.25, 0.3) is 5.57 Å². The van der Waals surface area contributed by atoms with Crippen LogP contribution in [0.3, 0.4) is 0 Å². The summed E-state index contributed by atoms with van der Waals surface area (Å²) in [5.74, 6) is 0.380. The molecule has 2 aliphatic heterocycles. The van der Waals surface area contributed by atoms with Crippen molar-refractivity contribution in [2.45, 2.75) is 12.8 Å². The topological polar surface area (TPSA) is 59.0 Å². The number of piperidine rings is 1. The Kier molecular flexibility index (Phi) is 4.63. The maximum absolute atomic E-state index is 11.3. The molecule has 1 N–H and O–H groups in total. The van der Waals surface area contributed by atoms with E-state index in [-0.39, 0.29) is 5.92 Å². The molecule has 0 saturated carbocycles. The lowest BCUT2D eigenvalue weighted by Gasteiger charge is -2.29. The van der Waals surface area contributed by atoms with Gasteiger partial charge in [-0.05, 0) is 37.1 Å². The van der Waals surface area contributed by atoms with Crippen LogP contribution in [0.4, 0.5) is 0 Å². The molecule has 1 saturated heterocycles. The molecule has 2 aliphatic rings. The van der Waals surface area contributed by atoms with Gasteiger partial charge in [0.25, 0.3) is 0 Å². The first kappa shape index (κ1) is 16.7. The van der Waals surface area contributed by atoms with Crippen LogP contribution in [0.15, 0.2) is 54.6 Å². The minimum absolute atomic E-state index is 0.275. The van der Waals surface area contributed by atoms with Crippen LogP contribution >= 0.6 is 0 Å². The number of hydrogen-bond acceptors (Lipinski definition) is 4. The molecular weight excluding hydrogens is 330 g/mol. The summed E-state index contributed by atoms with van der Waals surface area (Å²) >= 11 is 0. The highest BCUT2D eigenvalue weighted by Crippen LogP contribution is 2.39. The lowest BCUT2D eigenvalue weighted by atomic mass is 9.95. The fourth-order valence-electron chi connectivity index (χ4n) is 3.62. The summed E-state index contributed by atoms with van der Waals surface area (Å²) in [6.07, 6.45) is 3.83. The molecule has 2 aromatic rings. The second-order valence-electron chi connectivity index (χ2n) is 6.71. The monoisotopic (exact) mass is 351 g/mol. The molecule has 1 unspecified atom stereocenters. The van der Waals surface area contributed by atoms with E-state index in [0.29, 0.717) is 24.6 Å². The highest BCUT2D eigenvalue weighted by molar-refractivity contribution is 5.86. The quantitative estimate of drug-likeness (QED) is 0.856. The Labute approximate surface area is 152 Å². The molecule has 5 heteroatoms. The highest BCUT2D eigenvalue weighted by Gasteiger charge is 2.25. The van der Waals surface area contributed by atoms with Gasteiger partial charge in [0, 0.05) is 24.2 Å². The number of fused-ring (bicyclic) bond motifs is 2. The smallest absolute Gasteiger partial charge is 0.307 e. The zero-order valence-corrected chi connectivity index (χ0v) is 14.4. The Morgan fingerprint density at radius 3 is 2.31 bits per heavy atom. The van der Waals surface area contributed by atoms with Crippen molar-refractivity contribution in [3.63, 3.8) is 0 Å². The average Bonchev–Trinajstić information content (AvgIpc) is 2.83. The zero-order valence-electron chi connectivity index (χ0n) is 14.4. The Hall–Kier alpha value is -2.79. The van der Waals surface area contributed by atoms with Gasteiger partial charge in [-0.3, -0.25) is 19.5 Å². The van der Waals surface area contributed by atoms with Crippen LogP contribution in [0.5, 0.6) is 11.5 Å². The van der Waals surface area contributed by atoms with Crippen LogP contribution in [0.2, 0.25) is 0 Å². The lowest BCUT2D eigenvalue weighted by Crippen LogP contribution is -2.38. The van der Waals surface area contributed by atoms with E-state index < -0.39 is 5.97 Å². The van der Waals surface area contributed by atoms with Gasteiger partial charge >= 0.3 is 5.97 Å². The van der Waals surface area contributed by atoms with Gasteiger partial charge in [-0.2, -0.15) is 0 Å². The standard InChI is InChI=1S/C21H21NO4/c23-21(24)15-6-5-12-22(14-15)13-11-16-17-7-1-3-9-19(17)25-26-20-10-4-2-8-18(16)20/h1-4,7-11,15H,5-6,12-14H2,(H,23,24). The molecule has 26 heavy (non-hydrogen) atoms. The molecular formula is C21H21NO4. The lowest BCUT2D eigenvalue weighted by molar-refractivity contribution is -0.143. The van der Waals surface area contributed by atoms with Gasteiger partial charge in [0.1, 0.15) is 0 Å². The summed E-state index contributed by atoms with van der Waals surface area (Å²) < 4.78 is 0. The van der Waals surface area contributed by atoms with Crippen molar-refractivity contribution in [2.24, 2.45) is 5.92 Å². The Balaban J connectivity index is 1.66. The fraction of sp³-hybridized carbons (Fsp3) is 0.286. The fourth-order valence-corrected chi connectivity index (χ4v) is 3.62. The summed E-state index contributed by atoms with van der Waals surface area (Å²) in [6, 6.07) is 15.6. The Morgan fingerprint density at radius 1 is 1.08 bits per heavy atom. The van der Waals surface area contributed by atoms with Crippen LogP contribution in [0, 0.1) is 5.92 Å². The number of carboxylic acids is 1. The van der Waals surface area contributed by atoms with E-state index in [0.717, 1.165) is 36.1 Å². The van der Waals surface area contributed by atoms with E-state index in [1.165, 1.54) is 0 Å². The van der Waals surface area contributed by atoms with E-state index >= 15 is 0 Å². The van der Waals surface area contributed by atoms with Crippen molar-refractivity contribution in [3.8, 4) is 11.5 Å². The van der Waals surface area contributed by atoms with Crippen LogP contribution < -0.4 is 9.78 Å². The number of carbonyl (C=O) groups is 1. The molecule has 4 rings (SSSR count). The van der Waals surface area contributed by atoms with E-state index in [1.807, 2.05) is 48.5 Å². The van der Waals surface area contributed by atoms with Gasteiger partial charge in [0.05, 0.1) is 5.92 Å². The van der Waals surface area contributed by atoms with E-state index in [4.69, 9.17) is 9.78 Å². The van der Waals surface area contributed by atoms with Crippen molar-refractivity contribution in [1.82, 2.24) is 4.90 Å². The maximum atomic E-state index is 11.3. The summed E-state index contributed by atoms with van der Waals surface area (Å²) in [4.78, 5) is 24.5. The van der Waals surface area contributed by atoms with E-state index in [1.54, 1.807) is 0 Å². The van der Waals surface area contributed by atoms with Crippen LogP contribution in [-0.4, -0.2) is 35.6 Å². The number of rotatable bonds is 3. The average molecular weight is 351 g/mol. The third-order valence-electron chi connectivity index (χ3n) is 4.98. The predicted molar refractivity (Wildman–Crippen MR) is 98.0 cm³/mol. The second-order valence-corrected chi connectivity index (χ2v) is 6.71. The van der Waals surface area contributed by atoms with Crippen molar-refractivity contribution < 1.29 is 19.7 Å². The van der Waals surface area contributed by atoms with Crippen molar-refractivity contribution >= 4 is 11.5 Å². The molecule has 134 valence electrons. The Morgan fingerprint density at radius 2 is 1.69 bits per heavy atom. The summed E-state index contributed by atoms with van der Waals surface area (Å²) in [5, 5.41) is 9.30. The number of benzene rings is 2. The molecule has 0 spiro atoms. The number of nitrogens with zero attached hydrogens (tertiary/aromatic N) is 1. The van der Waals surface area contributed by atoms with Crippen molar-refractivity contribution in [3.05, 3.63) is 65.7 Å². The van der Waals surface area contributed by atoms with Gasteiger partial charge in [-0.1, -0.05) is 42.5 Å². The number of para-hydroxylation sites is 2. The molecule has 0 aliphatic carbocycles. The minimum atomic E-state index is -0.700. The molecule has 2 aromatic carbocycles. The van der Waals surface area contributed by atoms with Crippen molar-refractivity contribution in [2.75, 3.05) is 19.6 Å². The molecule has 1 fully saturated rings. The summed E-state index contributed by atoms with van der Waals surface area (Å²) in [7, 11) is 0. The van der Waals surface area contributed by atoms with Gasteiger partial charge in [-0.25, -0.2) is 0 Å². The number of likely N-dealkylation sites (tertiary alicyclic amines) is 1.